The van der Waals surface area contributed by atoms with Gasteiger partial charge in [0, 0.05) is 0 Å². The molecule has 2 fully saturated rings. The van der Waals surface area contributed by atoms with E-state index in [0.29, 0.717) is 6.04 Å². The first-order valence-electron chi connectivity index (χ1n) is 5.77. The number of rotatable bonds is 1. The maximum atomic E-state index is 6.40. The van der Waals surface area contributed by atoms with E-state index >= 15 is 0 Å². The summed E-state index contributed by atoms with van der Waals surface area (Å²) in [6, 6.07) is 0.560. The molecule has 2 atom stereocenters. The second-order valence-electron chi connectivity index (χ2n) is 4.64. The summed E-state index contributed by atoms with van der Waals surface area (Å²) in [7, 11) is 0. The van der Waals surface area contributed by atoms with Crippen molar-refractivity contribution < 1.29 is 21.2 Å². The maximum absolute atomic E-state index is 6.40. The Bertz CT molecular complexity index is 417. The van der Waals surface area contributed by atoms with Crippen LogP contribution >= 0.6 is 23.2 Å². The van der Waals surface area contributed by atoms with Gasteiger partial charge in [-0.15, -0.1) is 0 Å². The molecule has 3 heterocycles. The molecule has 2 nitrogen and oxygen atoms in total. The van der Waals surface area contributed by atoms with Crippen LogP contribution in [-0.2, 0) is 0 Å². The SMILES string of the molecule is ClC1=C[I-]C=CC(Cl)=C1N1CC2CNCC1C2. The van der Waals surface area contributed by atoms with Crippen molar-refractivity contribution in [1.82, 2.24) is 10.2 Å². The Morgan fingerprint density at radius 3 is 3.06 bits per heavy atom. The zero-order valence-corrected chi connectivity index (χ0v) is 13.0. The van der Waals surface area contributed by atoms with Crippen LogP contribution in [0.25, 0.3) is 0 Å². The molecule has 0 aromatic rings. The Kier molecular flexibility index (Phi) is 3.71. The molecular weight excluding hydrogens is 370 g/mol. The summed E-state index contributed by atoms with van der Waals surface area (Å²) in [6.07, 6.45) is 3.29. The predicted molar refractivity (Wildman–Crippen MR) is 67.4 cm³/mol. The van der Waals surface area contributed by atoms with Crippen LogP contribution in [0.15, 0.2) is 30.0 Å². The molecule has 0 amide bonds. The molecule has 2 bridgehead atoms. The summed E-state index contributed by atoms with van der Waals surface area (Å²) < 4.78 is 4.31. The van der Waals surface area contributed by atoms with E-state index in [1.54, 1.807) is 0 Å². The van der Waals surface area contributed by atoms with Crippen molar-refractivity contribution in [3.63, 3.8) is 0 Å². The van der Waals surface area contributed by atoms with Gasteiger partial charge in [-0.2, -0.15) is 0 Å². The molecular formula is C12H14Cl2IN2-. The van der Waals surface area contributed by atoms with Gasteiger partial charge >= 0.3 is 123 Å². The van der Waals surface area contributed by atoms with E-state index in [-0.39, 0.29) is 21.2 Å². The molecule has 0 aromatic heterocycles. The number of halogens is 3. The molecule has 0 radical (unpaired) electrons. The first kappa shape index (κ1) is 12.3. The number of fused-ring (bicyclic) bond motifs is 2. The average molecular weight is 384 g/mol. The Hall–Kier alpha value is 0.290. The molecule has 3 rings (SSSR count). The minimum absolute atomic E-state index is 0.0808. The van der Waals surface area contributed by atoms with Crippen molar-refractivity contribution in [2.45, 2.75) is 12.5 Å². The number of hydrogen-bond acceptors (Lipinski definition) is 2. The van der Waals surface area contributed by atoms with Crippen molar-refractivity contribution in [3.8, 4) is 0 Å². The van der Waals surface area contributed by atoms with E-state index in [9.17, 15) is 0 Å². The van der Waals surface area contributed by atoms with Gasteiger partial charge in [0.1, 0.15) is 0 Å². The molecule has 5 heteroatoms. The molecule has 2 saturated heterocycles. The summed E-state index contributed by atoms with van der Waals surface area (Å²) in [4.78, 5) is 2.41. The molecule has 0 saturated carbocycles. The van der Waals surface area contributed by atoms with Crippen LogP contribution in [-0.4, -0.2) is 30.6 Å². The van der Waals surface area contributed by atoms with Gasteiger partial charge in [0.2, 0.25) is 0 Å². The molecule has 17 heavy (non-hydrogen) atoms. The minimum atomic E-state index is -0.0808. The number of piperidine rings is 1. The number of allylic oxidation sites excluding steroid dienone is 3. The van der Waals surface area contributed by atoms with Gasteiger partial charge in [0.25, 0.3) is 0 Å². The average Bonchev–Trinajstić information content (AvgIpc) is 2.49. The molecule has 3 aliphatic rings. The second-order valence-corrected chi connectivity index (χ2v) is 7.51. The predicted octanol–water partition coefficient (Wildman–Crippen LogP) is -0.573. The summed E-state index contributed by atoms with van der Waals surface area (Å²) in [5, 5.41) is 5.13. The van der Waals surface area contributed by atoms with Crippen molar-refractivity contribution in [2.75, 3.05) is 19.6 Å². The van der Waals surface area contributed by atoms with Gasteiger partial charge in [-0.3, -0.25) is 0 Å². The number of hydrogen-bond donors (Lipinski definition) is 1. The molecule has 94 valence electrons. The standard InChI is InChI=1S/C12H14Cl2IN2/c13-10-1-2-15-4-11(14)12(10)17-7-8-3-9(17)6-16-5-8/h1-2,4,8-9,16H,3,5-7H2/q-1. The number of nitrogens with one attached hydrogen (secondary N) is 1. The van der Waals surface area contributed by atoms with Crippen LogP contribution in [0, 0.1) is 5.92 Å². The Balaban J connectivity index is 1.94. The van der Waals surface area contributed by atoms with Gasteiger partial charge in [-0.1, -0.05) is 0 Å². The van der Waals surface area contributed by atoms with Crippen LogP contribution in [0.2, 0.25) is 0 Å². The van der Waals surface area contributed by atoms with Crippen molar-refractivity contribution in [1.29, 1.82) is 0 Å². The topological polar surface area (TPSA) is 15.3 Å². The first-order chi connectivity index (χ1) is 8.25. The molecule has 0 aliphatic carbocycles. The Labute approximate surface area is 122 Å². The van der Waals surface area contributed by atoms with E-state index in [4.69, 9.17) is 23.2 Å². The normalized spacial score (nSPS) is 33.3. The van der Waals surface area contributed by atoms with E-state index in [0.717, 1.165) is 41.3 Å². The van der Waals surface area contributed by atoms with Crippen LogP contribution < -0.4 is 26.5 Å². The third-order valence-corrected chi connectivity index (χ3v) is 6.21. The van der Waals surface area contributed by atoms with E-state index in [1.165, 1.54) is 6.42 Å². The first-order valence-corrected chi connectivity index (χ1v) is 9.02. The Morgan fingerprint density at radius 1 is 1.35 bits per heavy atom. The fraction of sp³-hybridized carbons (Fsp3) is 0.500. The van der Waals surface area contributed by atoms with Gasteiger partial charge in [0.05, 0.1) is 0 Å². The Morgan fingerprint density at radius 2 is 2.24 bits per heavy atom. The summed E-state index contributed by atoms with van der Waals surface area (Å²) in [6.45, 7) is 3.26. The van der Waals surface area contributed by atoms with Gasteiger partial charge in [-0.05, 0) is 0 Å². The van der Waals surface area contributed by atoms with Crippen LogP contribution in [0.5, 0.6) is 0 Å². The van der Waals surface area contributed by atoms with Crippen molar-refractivity contribution in [2.24, 2.45) is 5.92 Å². The molecule has 2 unspecified atom stereocenters. The molecule has 0 spiro atoms. The van der Waals surface area contributed by atoms with Crippen molar-refractivity contribution in [3.05, 3.63) is 30.0 Å². The molecule has 3 aliphatic heterocycles. The van der Waals surface area contributed by atoms with E-state index in [2.05, 4.69) is 18.4 Å². The molecule has 0 aromatic carbocycles. The summed E-state index contributed by atoms with van der Waals surface area (Å²) in [5.41, 5.74) is 1.05. The third-order valence-electron chi connectivity index (χ3n) is 3.49. The monoisotopic (exact) mass is 383 g/mol. The zero-order valence-electron chi connectivity index (χ0n) is 9.30. The van der Waals surface area contributed by atoms with Gasteiger partial charge in [0.15, 0.2) is 0 Å². The number of nitrogens with zero attached hydrogens (tertiary/aromatic N) is 1. The second kappa shape index (κ2) is 5.11. The zero-order chi connectivity index (χ0) is 11.8. The third kappa shape index (κ3) is 2.39. The van der Waals surface area contributed by atoms with Gasteiger partial charge in [-0.25, -0.2) is 0 Å². The van der Waals surface area contributed by atoms with Crippen LogP contribution in [0.1, 0.15) is 6.42 Å². The van der Waals surface area contributed by atoms with E-state index in [1.807, 2.05) is 6.08 Å². The summed E-state index contributed by atoms with van der Waals surface area (Å²) in [5.74, 6) is 0.747. The van der Waals surface area contributed by atoms with E-state index < -0.39 is 0 Å². The van der Waals surface area contributed by atoms with Crippen molar-refractivity contribution >= 4 is 23.2 Å². The van der Waals surface area contributed by atoms with Gasteiger partial charge < -0.3 is 0 Å². The van der Waals surface area contributed by atoms with Crippen LogP contribution in [0.3, 0.4) is 0 Å². The molecule has 1 N–H and O–H groups in total. The summed E-state index contributed by atoms with van der Waals surface area (Å²) >= 11 is 12.7. The fourth-order valence-corrected chi connectivity index (χ4v) is 5.24. The fourth-order valence-electron chi connectivity index (χ4n) is 2.79. The quantitative estimate of drug-likeness (QED) is 0.610. The van der Waals surface area contributed by atoms with Crippen LogP contribution in [0.4, 0.5) is 0 Å². The number of likely N-dealkylation sites (tertiary alicyclic amines) is 1.